The summed E-state index contributed by atoms with van der Waals surface area (Å²) in [7, 11) is 0. The normalized spacial score (nSPS) is 23.8. The second-order valence-corrected chi connectivity index (χ2v) is 11.9. The molecule has 4 aromatic heterocycles. The lowest BCUT2D eigenvalue weighted by Gasteiger charge is -2.52. The molecule has 0 spiro atoms. The van der Waals surface area contributed by atoms with E-state index in [1.165, 1.54) is 12.4 Å². The predicted molar refractivity (Wildman–Crippen MR) is 151 cm³/mol. The molecular weight excluding hydrogens is 577 g/mol. The summed E-state index contributed by atoms with van der Waals surface area (Å²) in [6.07, 6.45) is 3.87. The van der Waals surface area contributed by atoms with Gasteiger partial charge in [0.25, 0.3) is 0 Å². The van der Waals surface area contributed by atoms with Crippen LogP contribution in [0.4, 0.5) is 13.2 Å². The van der Waals surface area contributed by atoms with Gasteiger partial charge in [0.2, 0.25) is 5.88 Å². The molecule has 0 radical (unpaired) electrons. The lowest BCUT2D eigenvalue weighted by atomic mass is 9.70. The van der Waals surface area contributed by atoms with Gasteiger partial charge >= 0.3 is 6.18 Å². The topological polar surface area (TPSA) is 135 Å². The summed E-state index contributed by atoms with van der Waals surface area (Å²) in [6.45, 7) is 3.48. The maximum atomic E-state index is 13.6. The number of aromatic amines is 1. The number of H-pyrrole nitrogens is 1. The maximum absolute atomic E-state index is 13.6. The highest BCUT2D eigenvalue weighted by Crippen LogP contribution is 2.45. The first-order chi connectivity index (χ1) is 21.2. The van der Waals surface area contributed by atoms with Gasteiger partial charge in [0.05, 0.1) is 36.0 Å². The zero-order valence-corrected chi connectivity index (χ0v) is 23.8. The fourth-order valence-electron chi connectivity index (χ4n) is 6.51. The van der Waals surface area contributed by atoms with Crippen LogP contribution in [0.3, 0.4) is 0 Å². The Hall–Kier alpha value is -4.10. The number of aliphatic hydroxyl groups excluding tert-OH is 1. The molecule has 15 heteroatoms. The van der Waals surface area contributed by atoms with E-state index in [1.54, 1.807) is 11.3 Å². The first-order valence-electron chi connectivity index (χ1n) is 14.6. The van der Waals surface area contributed by atoms with Gasteiger partial charge < -0.3 is 14.9 Å². The van der Waals surface area contributed by atoms with Gasteiger partial charge in [-0.05, 0) is 30.5 Å². The van der Waals surface area contributed by atoms with Crippen molar-refractivity contribution in [2.45, 2.75) is 49.7 Å². The standard InChI is InChI=1S/C29H31F3N10O2/c30-29(31,32)24-9-19(14-39-16-22(43)17-39)10-25(38-24)44-41-7-5-40(6-8-41)21-11-28(12-21,2-3-33)42-15-20(13-37-42)26-23-1-4-34-27(23)36-18-35-26/h1,4,9-10,13,15,18,21-22,43H,2,5-8,11-12,14,16-17H2,(H,34,35,36)/t21-,28-. The number of halogens is 3. The summed E-state index contributed by atoms with van der Waals surface area (Å²) < 4.78 is 42.6. The fourth-order valence-corrected chi connectivity index (χ4v) is 6.51. The number of β-amino-alcohol motifs (C(OH)–C–C–N with tert-alkyl or cyclic N) is 1. The van der Waals surface area contributed by atoms with Gasteiger partial charge in [0, 0.05) is 81.3 Å². The van der Waals surface area contributed by atoms with Gasteiger partial charge in [0.15, 0.2) is 0 Å². The van der Waals surface area contributed by atoms with Crippen LogP contribution >= 0.6 is 0 Å². The van der Waals surface area contributed by atoms with Gasteiger partial charge in [-0.1, -0.05) is 0 Å². The second-order valence-electron chi connectivity index (χ2n) is 11.9. The quantitative estimate of drug-likeness (QED) is 0.308. The van der Waals surface area contributed by atoms with Crippen LogP contribution in [0, 0.1) is 11.3 Å². The smallest absolute Gasteiger partial charge is 0.390 e. The Morgan fingerprint density at radius 1 is 1.14 bits per heavy atom. The molecular formula is C29H31F3N10O2. The average Bonchev–Trinajstić information content (AvgIpc) is 3.64. The molecule has 1 saturated carbocycles. The minimum absolute atomic E-state index is 0.0869. The van der Waals surface area contributed by atoms with E-state index in [1.807, 2.05) is 28.0 Å². The Morgan fingerprint density at radius 3 is 2.66 bits per heavy atom. The highest BCUT2D eigenvalue weighted by molar-refractivity contribution is 5.90. The number of nitrogens with one attached hydrogen (secondary N) is 1. The van der Waals surface area contributed by atoms with Crippen LogP contribution in [0.1, 0.15) is 30.5 Å². The molecule has 2 aliphatic heterocycles. The number of hydroxylamine groups is 2. The van der Waals surface area contributed by atoms with Crippen molar-refractivity contribution in [3.63, 3.8) is 0 Å². The zero-order valence-electron chi connectivity index (χ0n) is 23.8. The molecule has 44 heavy (non-hydrogen) atoms. The number of piperazine rings is 1. The number of aliphatic hydroxyl groups is 1. The van der Waals surface area contributed by atoms with Crippen molar-refractivity contribution in [3.8, 4) is 23.2 Å². The molecule has 2 saturated heterocycles. The van der Waals surface area contributed by atoms with Crippen LogP contribution in [0.25, 0.3) is 22.3 Å². The third-order valence-electron chi connectivity index (χ3n) is 8.84. The van der Waals surface area contributed by atoms with Crippen molar-refractivity contribution in [3.05, 3.63) is 54.4 Å². The van der Waals surface area contributed by atoms with Crippen molar-refractivity contribution in [1.82, 2.24) is 44.6 Å². The zero-order chi connectivity index (χ0) is 30.5. The maximum Gasteiger partial charge on any atom is 0.433 e. The van der Waals surface area contributed by atoms with E-state index < -0.39 is 23.5 Å². The predicted octanol–water partition coefficient (Wildman–Crippen LogP) is 2.79. The Morgan fingerprint density at radius 2 is 1.93 bits per heavy atom. The van der Waals surface area contributed by atoms with Crippen LogP contribution in [0.2, 0.25) is 0 Å². The minimum Gasteiger partial charge on any atom is -0.390 e. The third kappa shape index (κ3) is 5.50. The first-order valence-corrected chi connectivity index (χ1v) is 14.6. The SMILES string of the molecule is N#CC[C@]1(n2cc(-c3ncnc4[nH]ccc34)cn2)C[C@H](N2CCN(Oc3cc(CN4CC(O)C4)cc(C(F)(F)F)n3)CC2)C1. The molecule has 0 bridgehead atoms. The number of hydrogen-bond donors (Lipinski definition) is 2. The van der Waals surface area contributed by atoms with Crippen LogP contribution in [0.5, 0.6) is 5.88 Å². The van der Waals surface area contributed by atoms with Gasteiger partial charge in [-0.25, -0.2) is 15.0 Å². The summed E-state index contributed by atoms with van der Waals surface area (Å²) in [6, 6.07) is 7.09. The number of aromatic nitrogens is 6. The van der Waals surface area contributed by atoms with E-state index in [0.29, 0.717) is 51.3 Å². The number of nitriles is 1. The Balaban J connectivity index is 0.981. The number of nitrogens with zero attached hydrogens (tertiary/aromatic N) is 9. The number of pyridine rings is 1. The van der Waals surface area contributed by atoms with Crippen molar-refractivity contribution in [2.24, 2.45) is 0 Å². The Labute approximate surface area is 250 Å². The van der Waals surface area contributed by atoms with E-state index >= 15 is 0 Å². The average molecular weight is 609 g/mol. The summed E-state index contributed by atoms with van der Waals surface area (Å²) >= 11 is 0. The second kappa shape index (κ2) is 11.1. The molecule has 230 valence electrons. The molecule has 6 heterocycles. The summed E-state index contributed by atoms with van der Waals surface area (Å²) in [4.78, 5) is 25.6. The van der Waals surface area contributed by atoms with Gasteiger partial charge in [0.1, 0.15) is 17.7 Å². The Bertz CT molecular complexity index is 1680. The molecule has 0 amide bonds. The van der Waals surface area contributed by atoms with E-state index in [9.17, 15) is 23.5 Å². The molecule has 0 atom stereocenters. The molecule has 4 aromatic rings. The van der Waals surface area contributed by atoms with E-state index in [-0.39, 0.29) is 18.5 Å². The van der Waals surface area contributed by atoms with Gasteiger partial charge in [-0.3, -0.25) is 14.5 Å². The van der Waals surface area contributed by atoms with Gasteiger partial charge in [-0.15, -0.1) is 5.06 Å². The highest BCUT2D eigenvalue weighted by Gasteiger charge is 2.49. The number of alkyl halides is 3. The van der Waals surface area contributed by atoms with Crippen molar-refractivity contribution in [2.75, 3.05) is 39.3 Å². The van der Waals surface area contributed by atoms with Crippen molar-refractivity contribution < 1.29 is 23.1 Å². The molecule has 1 aliphatic carbocycles. The van der Waals surface area contributed by atoms with Crippen LogP contribution in [-0.2, 0) is 18.3 Å². The Kier molecular flexibility index (Phi) is 7.24. The lowest BCUT2D eigenvalue weighted by Crippen LogP contribution is -2.60. The van der Waals surface area contributed by atoms with Gasteiger partial charge in [-0.2, -0.15) is 23.5 Å². The monoisotopic (exact) mass is 608 g/mol. The van der Waals surface area contributed by atoms with Crippen molar-refractivity contribution >= 4 is 11.0 Å². The fraction of sp³-hybridized carbons (Fsp3) is 0.483. The van der Waals surface area contributed by atoms with Crippen LogP contribution in [0.15, 0.2) is 43.1 Å². The van der Waals surface area contributed by atoms with Crippen LogP contribution < -0.4 is 4.84 Å². The largest absolute Gasteiger partial charge is 0.433 e. The summed E-state index contributed by atoms with van der Waals surface area (Å²) in [5, 5.41) is 26.4. The first kappa shape index (κ1) is 28.7. The number of hydrogen-bond acceptors (Lipinski definition) is 10. The minimum atomic E-state index is -4.60. The van der Waals surface area contributed by atoms with E-state index in [4.69, 9.17) is 4.84 Å². The molecule has 3 aliphatic rings. The summed E-state index contributed by atoms with van der Waals surface area (Å²) in [5.74, 6) is -0.0869. The molecule has 7 rings (SSSR count). The molecule has 2 N–H and O–H groups in total. The van der Waals surface area contributed by atoms with E-state index in [2.05, 4.69) is 36.0 Å². The van der Waals surface area contributed by atoms with Crippen LogP contribution in [-0.4, -0.2) is 101 Å². The molecule has 0 unspecified atom stereocenters. The lowest BCUT2D eigenvalue weighted by molar-refractivity contribution is -0.143. The summed E-state index contributed by atoms with van der Waals surface area (Å²) in [5.41, 5.74) is 1.42. The third-order valence-corrected chi connectivity index (χ3v) is 8.84. The number of fused-ring (bicyclic) bond motifs is 1. The number of likely N-dealkylation sites (tertiary alicyclic amines) is 1. The van der Waals surface area contributed by atoms with Crippen molar-refractivity contribution in [1.29, 1.82) is 5.26 Å². The highest BCUT2D eigenvalue weighted by atomic mass is 19.4. The molecule has 3 fully saturated rings. The molecule has 12 nitrogen and oxygen atoms in total. The number of rotatable bonds is 8. The van der Waals surface area contributed by atoms with E-state index in [0.717, 1.165) is 41.2 Å². The molecule has 0 aromatic carbocycles.